The number of carbonyl (C=O) groups excluding carboxylic acids is 3. The van der Waals surface area contributed by atoms with Crippen LogP contribution in [-0.2, 0) is 20.7 Å². The van der Waals surface area contributed by atoms with Gasteiger partial charge in [0.25, 0.3) is 0 Å². The van der Waals surface area contributed by atoms with E-state index in [9.17, 15) is 14.4 Å². The molecule has 0 bridgehead atoms. The molecule has 1 aromatic heterocycles. The Morgan fingerprint density at radius 1 is 1.13 bits per heavy atom. The number of alkyl carbamates (subject to hydrolysis) is 1. The molecule has 2 aliphatic rings. The maximum atomic E-state index is 13.6. The van der Waals surface area contributed by atoms with Gasteiger partial charge in [0.15, 0.2) is 5.82 Å². The molecule has 3 N–H and O–H groups in total. The van der Waals surface area contributed by atoms with Crippen molar-refractivity contribution in [2.24, 2.45) is 11.7 Å². The summed E-state index contributed by atoms with van der Waals surface area (Å²) in [6.45, 7) is 14.2. The number of likely N-dealkylation sites (tertiary alicyclic amines) is 1. The van der Waals surface area contributed by atoms with Gasteiger partial charge in [-0.25, -0.2) is 4.79 Å². The second kappa shape index (κ2) is 15.0. The number of benzene rings is 1. The summed E-state index contributed by atoms with van der Waals surface area (Å²) in [6.07, 6.45) is 4.98. The summed E-state index contributed by atoms with van der Waals surface area (Å²) in [7, 11) is 0. The third-order valence-corrected chi connectivity index (χ3v) is 8.45. The Balaban J connectivity index is 1.28. The SMILES string of the molecule is Cc1cc(OCCCC2CCN(c3nc(C(C)C)no3)CC2)ccc1C[C@H](NC(=O)OC(C)(C)C)C(=O)N1CCC[C@H]1C(N)=O. The Morgan fingerprint density at radius 2 is 1.87 bits per heavy atom. The van der Waals surface area contributed by atoms with Crippen LogP contribution in [0.5, 0.6) is 5.75 Å². The molecule has 12 heteroatoms. The standard InChI is InChI=1S/C33H50N6O6/c1-21(2)29-36-31(45-37-29)38-16-13-23(14-17-38)9-8-18-43-25-12-11-24(22(3)19-25)20-26(35-32(42)44-33(4,5)6)30(41)39-15-7-10-27(39)28(34)40/h11-12,19,21,23,26-27H,7-10,13-18,20H2,1-6H3,(H2,34,40)(H,35,42)/t26-,27-/m0/s1. The fourth-order valence-corrected chi connectivity index (χ4v) is 5.95. The van der Waals surface area contributed by atoms with Crippen LogP contribution in [0.2, 0.25) is 0 Å². The van der Waals surface area contributed by atoms with Crippen LogP contribution in [0.1, 0.15) is 96.0 Å². The van der Waals surface area contributed by atoms with Gasteiger partial charge in [0.1, 0.15) is 23.4 Å². The number of anilines is 1. The molecule has 3 amide bonds. The fraction of sp³-hybridized carbons (Fsp3) is 0.667. The summed E-state index contributed by atoms with van der Waals surface area (Å²) < 4.78 is 17.0. The van der Waals surface area contributed by atoms with Gasteiger partial charge in [-0.2, -0.15) is 4.98 Å². The first-order valence-corrected chi connectivity index (χ1v) is 16.2. The Bertz CT molecular complexity index is 1310. The molecule has 0 aliphatic carbocycles. The lowest BCUT2D eigenvalue weighted by atomic mass is 9.92. The molecular formula is C33H50N6O6. The van der Waals surface area contributed by atoms with E-state index >= 15 is 0 Å². The predicted octanol–water partition coefficient (Wildman–Crippen LogP) is 4.49. The van der Waals surface area contributed by atoms with E-state index in [0.717, 1.165) is 61.5 Å². The van der Waals surface area contributed by atoms with Crippen molar-refractivity contribution in [1.82, 2.24) is 20.4 Å². The van der Waals surface area contributed by atoms with Crippen LogP contribution >= 0.6 is 0 Å². The summed E-state index contributed by atoms with van der Waals surface area (Å²) in [4.78, 5) is 46.4. The molecule has 0 unspecified atom stereocenters. The summed E-state index contributed by atoms with van der Waals surface area (Å²) in [5.74, 6) is 1.52. The topological polar surface area (TPSA) is 153 Å². The van der Waals surface area contributed by atoms with E-state index in [0.29, 0.717) is 37.9 Å². The third-order valence-electron chi connectivity index (χ3n) is 8.45. The van der Waals surface area contributed by atoms with E-state index < -0.39 is 29.7 Å². The van der Waals surface area contributed by atoms with Crippen LogP contribution in [0.4, 0.5) is 10.8 Å². The minimum absolute atomic E-state index is 0.243. The molecule has 248 valence electrons. The van der Waals surface area contributed by atoms with E-state index in [1.807, 2.05) is 25.1 Å². The summed E-state index contributed by atoms with van der Waals surface area (Å²) in [6, 6.07) is 4.83. The molecule has 3 heterocycles. The van der Waals surface area contributed by atoms with Gasteiger partial charge in [0.05, 0.1) is 6.61 Å². The number of rotatable bonds is 12. The van der Waals surface area contributed by atoms with Crippen LogP contribution in [0.25, 0.3) is 0 Å². The largest absolute Gasteiger partial charge is 0.494 e. The zero-order valence-electron chi connectivity index (χ0n) is 27.6. The van der Waals surface area contributed by atoms with E-state index in [1.54, 1.807) is 20.8 Å². The zero-order chi connectivity index (χ0) is 32.7. The highest BCUT2D eigenvalue weighted by atomic mass is 16.6. The highest BCUT2D eigenvalue weighted by Crippen LogP contribution is 2.27. The van der Waals surface area contributed by atoms with Crippen LogP contribution < -0.4 is 20.7 Å². The summed E-state index contributed by atoms with van der Waals surface area (Å²) in [5.41, 5.74) is 6.67. The Kier molecular flexibility index (Phi) is 11.3. The molecule has 0 saturated carbocycles. The second-order valence-electron chi connectivity index (χ2n) is 13.6. The minimum atomic E-state index is -0.909. The second-order valence-corrected chi connectivity index (χ2v) is 13.6. The first-order chi connectivity index (χ1) is 21.3. The molecule has 1 aromatic carbocycles. The van der Waals surface area contributed by atoms with E-state index in [4.69, 9.17) is 19.7 Å². The number of primary amides is 1. The van der Waals surface area contributed by atoms with Gasteiger partial charge in [-0.3, -0.25) is 9.59 Å². The van der Waals surface area contributed by atoms with Crippen LogP contribution in [0, 0.1) is 12.8 Å². The van der Waals surface area contributed by atoms with Gasteiger partial charge < -0.3 is 34.8 Å². The van der Waals surface area contributed by atoms with Crippen molar-refractivity contribution in [3.05, 3.63) is 35.2 Å². The van der Waals surface area contributed by atoms with Gasteiger partial charge in [-0.15, -0.1) is 0 Å². The molecule has 2 fully saturated rings. The van der Waals surface area contributed by atoms with Crippen molar-refractivity contribution in [2.45, 2.75) is 110 Å². The molecule has 45 heavy (non-hydrogen) atoms. The summed E-state index contributed by atoms with van der Waals surface area (Å²) in [5, 5.41) is 6.82. The normalized spacial score (nSPS) is 18.2. The van der Waals surface area contributed by atoms with Crippen molar-refractivity contribution in [3.8, 4) is 5.75 Å². The van der Waals surface area contributed by atoms with Gasteiger partial charge in [-0.05, 0) is 95.4 Å². The maximum absolute atomic E-state index is 13.6. The highest BCUT2D eigenvalue weighted by molar-refractivity contribution is 5.91. The van der Waals surface area contributed by atoms with Crippen LogP contribution in [0.15, 0.2) is 22.7 Å². The lowest BCUT2D eigenvalue weighted by Gasteiger charge is -2.30. The zero-order valence-corrected chi connectivity index (χ0v) is 27.6. The first-order valence-electron chi connectivity index (χ1n) is 16.2. The average Bonchev–Trinajstić information content (AvgIpc) is 3.66. The number of amides is 3. The number of carbonyl (C=O) groups is 3. The molecule has 2 saturated heterocycles. The Hall–Kier alpha value is -3.83. The third kappa shape index (κ3) is 9.58. The number of hydrogen-bond acceptors (Lipinski definition) is 9. The molecule has 12 nitrogen and oxygen atoms in total. The number of nitrogens with zero attached hydrogens (tertiary/aromatic N) is 4. The molecule has 0 spiro atoms. The number of nitrogens with one attached hydrogen (secondary N) is 1. The van der Waals surface area contributed by atoms with Gasteiger partial charge in [0.2, 0.25) is 11.8 Å². The van der Waals surface area contributed by atoms with E-state index in [1.165, 1.54) is 4.90 Å². The van der Waals surface area contributed by atoms with Crippen LogP contribution in [-0.4, -0.2) is 76.9 Å². The van der Waals surface area contributed by atoms with E-state index in [2.05, 4.69) is 34.2 Å². The monoisotopic (exact) mass is 626 g/mol. The number of ether oxygens (including phenoxy) is 2. The van der Waals surface area contributed by atoms with Crippen molar-refractivity contribution in [3.63, 3.8) is 0 Å². The van der Waals surface area contributed by atoms with E-state index in [-0.39, 0.29) is 18.2 Å². The number of piperidine rings is 1. The molecule has 2 aromatic rings. The Morgan fingerprint density at radius 3 is 2.49 bits per heavy atom. The highest BCUT2D eigenvalue weighted by Gasteiger charge is 2.37. The molecule has 2 aliphatic heterocycles. The molecule has 4 rings (SSSR count). The van der Waals surface area contributed by atoms with Gasteiger partial charge >= 0.3 is 12.1 Å². The molecule has 0 radical (unpaired) electrons. The molecule has 2 atom stereocenters. The predicted molar refractivity (Wildman–Crippen MR) is 170 cm³/mol. The minimum Gasteiger partial charge on any atom is -0.494 e. The van der Waals surface area contributed by atoms with Crippen molar-refractivity contribution in [2.75, 3.05) is 31.1 Å². The maximum Gasteiger partial charge on any atom is 0.408 e. The smallest absolute Gasteiger partial charge is 0.408 e. The van der Waals surface area contributed by atoms with Gasteiger partial charge in [-0.1, -0.05) is 25.1 Å². The number of hydrogen-bond donors (Lipinski definition) is 2. The lowest BCUT2D eigenvalue weighted by molar-refractivity contribution is -0.139. The molecular weight excluding hydrogens is 576 g/mol. The first kappa shape index (κ1) is 34.1. The number of aryl methyl sites for hydroxylation is 1. The lowest BCUT2D eigenvalue weighted by Crippen LogP contribution is -2.54. The average molecular weight is 627 g/mol. The van der Waals surface area contributed by atoms with Gasteiger partial charge in [0, 0.05) is 32.0 Å². The number of aromatic nitrogens is 2. The van der Waals surface area contributed by atoms with Crippen molar-refractivity contribution < 1.29 is 28.4 Å². The van der Waals surface area contributed by atoms with Crippen molar-refractivity contribution in [1.29, 1.82) is 0 Å². The van der Waals surface area contributed by atoms with Crippen molar-refractivity contribution >= 4 is 23.9 Å². The number of nitrogens with two attached hydrogens (primary N) is 1. The quantitative estimate of drug-likeness (QED) is 0.325. The van der Waals surface area contributed by atoms with Crippen LogP contribution in [0.3, 0.4) is 0 Å². The summed E-state index contributed by atoms with van der Waals surface area (Å²) >= 11 is 0. The Labute approximate surface area is 266 Å². The fourth-order valence-electron chi connectivity index (χ4n) is 5.95.